The third-order valence-electron chi connectivity index (χ3n) is 8.13. The number of imidazole rings is 1. The van der Waals surface area contributed by atoms with Crippen LogP contribution in [-0.4, -0.2) is 9.55 Å². The van der Waals surface area contributed by atoms with Crippen LogP contribution < -0.4 is 0 Å². The summed E-state index contributed by atoms with van der Waals surface area (Å²) in [6.45, 7) is 5.79. The molecule has 2 heterocycles. The van der Waals surface area contributed by atoms with Crippen molar-refractivity contribution in [3.8, 4) is 28.2 Å². The third-order valence-corrected chi connectivity index (χ3v) is 8.13. The summed E-state index contributed by atoms with van der Waals surface area (Å²) in [5.41, 5.74) is 6.84. The molecule has 0 bridgehead atoms. The average molecular weight is 542 g/mol. The smallest absolute Gasteiger partial charge is 0.148 e. The second kappa shape index (κ2) is 10.4. The van der Waals surface area contributed by atoms with E-state index in [1.807, 2.05) is 57.4 Å². The average Bonchev–Trinajstić information content (AvgIpc) is 3.66. The quantitative estimate of drug-likeness (QED) is 0.217. The molecule has 0 amide bonds. The fraction of sp³-hybridized carbons (Fsp3) is 0.289. The number of benzene rings is 4. The first-order valence-corrected chi connectivity index (χ1v) is 14.8. The first-order chi connectivity index (χ1) is 21.0. The highest BCUT2D eigenvalue weighted by molar-refractivity contribution is 6.09. The van der Waals surface area contributed by atoms with Crippen molar-refractivity contribution in [3.63, 3.8) is 0 Å². The van der Waals surface area contributed by atoms with E-state index in [-0.39, 0.29) is 0 Å². The van der Waals surface area contributed by atoms with Gasteiger partial charge in [-0.25, -0.2) is 4.98 Å². The highest BCUT2D eigenvalue weighted by Gasteiger charge is 2.19. The van der Waals surface area contributed by atoms with Crippen LogP contribution in [0.1, 0.15) is 74.0 Å². The van der Waals surface area contributed by atoms with E-state index in [0.717, 1.165) is 81.4 Å². The molecule has 0 spiro atoms. The SMILES string of the molecule is [2H]C1(c2ccc(-n3ccnc3-c3cccc4c3oc3cc(-c5ccc(C([2H])([2H])C(C)(C)C)cc5)ccc34)cc2)CCCCC1. The number of nitrogens with zero attached hydrogens (tertiary/aromatic N) is 2. The number of hydrogen-bond acceptors (Lipinski definition) is 2. The topological polar surface area (TPSA) is 31.0 Å². The summed E-state index contributed by atoms with van der Waals surface area (Å²) in [6.07, 6.45) is 7.71. The molecule has 1 aliphatic carbocycles. The van der Waals surface area contributed by atoms with Crippen molar-refractivity contribution in [2.45, 2.75) is 65.1 Å². The molecule has 4 aromatic carbocycles. The zero-order valence-electron chi connectivity index (χ0n) is 27.1. The van der Waals surface area contributed by atoms with Crippen molar-refractivity contribution in [2.75, 3.05) is 0 Å². The van der Waals surface area contributed by atoms with Crippen LogP contribution in [0, 0.1) is 5.41 Å². The Morgan fingerprint density at radius 3 is 2.39 bits per heavy atom. The Morgan fingerprint density at radius 2 is 1.63 bits per heavy atom. The van der Waals surface area contributed by atoms with E-state index in [1.54, 1.807) is 0 Å². The Kier molecular flexibility index (Phi) is 5.71. The van der Waals surface area contributed by atoms with Gasteiger partial charge in [-0.1, -0.05) is 94.6 Å². The van der Waals surface area contributed by atoms with Crippen LogP contribution in [0.25, 0.3) is 50.1 Å². The summed E-state index contributed by atoms with van der Waals surface area (Å²) in [4.78, 5) is 4.75. The summed E-state index contributed by atoms with van der Waals surface area (Å²) in [5, 5.41) is 2.08. The number of para-hydroxylation sites is 1. The molecule has 7 rings (SSSR count). The van der Waals surface area contributed by atoms with Gasteiger partial charge in [-0.2, -0.15) is 0 Å². The van der Waals surface area contributed by atoms with Crippen LogP contribution in [0.15, 0.2) is 102 Å². The lowest BCUT2D eigenvalue weighted by atomic mass is 9.84. The molecule has 1 aliphatic rings. The predicted molar refractivity (Wildman–Crippen MR) is 171 cm³/mol. The van der Waals surface area contributed by atoms with E-state index in [1.165, 1.54) is 6.42 Å². The van der Waals surface area contributed by atoms with E-state index >= 15 is 0 Å². The highest BCUT2D eigenvalue weighted by atomic mass is 16.3. The van der Waals surface area contributed by atoms with Crippen molar-refractivity contribution in [3.05, 3.63) is 108 Å². The summed E-state index contributed by atoms with van der Waals surface area (Å²) in [7, 11) is 0. The monoisotopic (exact) mass is 541 g/mol. The Balaban J connectivity index is 1.23. The van der Waals surface area contributed by atoms with E-state index in [4.69, 9.17) is 13.5 Å². The van der Waals surface area contributed by atoms with E-state index in [2.05, 4.69) is 65.2 Å². The maximum Gasteiger partial charge on any atom is 0.148 e. The van der Waals surface area contributed by atoms with Crippen molar-refractivity contribution < 1.29 is 8.53 Å². The van der Waals surface area contributed by atoms with Crippen molar-refractivity contribution in [1.82, 2.24) is 9.55 Å². The molecule has 0 radical (unpaired) electrons. The largest absolute Gasteiger partial charge is 0.455 e. The third kappa shape index (κ3) is 5.10. The zero-order valence-corrected chi connectivity index (χ0v) is 24.1. The predicted octanol–water partition coefficient (Wildman–Crippen LogP) is 10.7. The van der Waals surface area contributed by atoms with E-state index < -0.39 is 17.7 Å². The molecule has 3 nitrogen and oxygen atoms in total. The Hall–Kier alpha value is -4.11. The molecule has 0 atom stereocenters. The van der Waals surface area contributed by atoms with Crippen LogP contribution in [0.4, 0.5) is 0 Å². The summed E-state index contributed by atoms with van der Waals surface area (Å²) in [5.74, 6) is 0.333. The molecule has 0 aliphatic heterocycles. The molecular weight excluding hydrogens is 500 g/mol. The number of hydrogen-bond donors (Lipinski definition) is 0. The number of rotatable bonds is 5. The van der Waals surface area contributed by atoms with Crippen LogP contribution in [0.5, 0.6) is 0 Å². The molecule has 0 saturated heterocycles. The molecule has 1 saturated carbocycles. The lowest BCUT2D eigenvalue weighted by Crippen LogP contribution is -2.08. The maximum absolute atomic E-state index is 9.01. The molecule has 0 unspecified atom stereocenters. The van der Waals surface area contributed by atoms with Gasteiger partial charge in [-0.05, 0) is 83.1 Å². The zero-order chi connectivity index (χ0) is 30.7. The number of fused-ring (bicyclic) bond motifs is 3. The second-order valence-electron chi connectivity index (χ2n) is 12.3. The van der Waals surface area contributed by atoms with Gasteiger partial charge in [0.1, 0.15) is 17.0 Å². The lowest BCUT2D eigenvalue weighted by Gasteiger charge is -2.22. The van der Waals surface area contributed by atoms with Crippen molar-refractivity contribution >= 4 is 21.9 Å². The fourth-order valence-corrected chi connectivity index (χ4v) is 6.17. The van der Waals surface area contributed by atoms with Crippen LogP contribution >= 0.6 is 0 Å². The lowest BCUT2D eigenvalue weighted by molar-refractivity contribution is 0.411. The second-order valence-corrected chi connectivity index (χ2v) is 12.3. The van der Waals surface area contributed by atoms with Gasteiger partial charge in [0.2, 0.25) is 0 Å². The highest BCUT2D eigenvalue weighted by Crippen LogP contribution is 2.38. The van der Waals surface area contributed by atoms with Gasteiger partial charge in [0.05, 0.1) is 5.56 Å². The molecule has 1 fully saturated rings. The minimum atomic E-state index is -1.43. The minimum Gasteiger partial charge on any atom is -0.455 e. The molecule has 6 aromatic rings. The first-order valence-electron chi connectivity index (χ1n) is 16.3. The Bertz CT molecular complexity index is 1950. The Morgan fingerprint density at radius 1 is 0.878 bits per heavy atom. The summed E-state index contributed by atoms with van der Waals surface area (Å²) < 4.78 is 34.9. The standard InChI is InChI=1S/C38H38N2O/c1-38(2,3)25-26-12-14-29(15-13-26)30-18-21-32-33-10-7-11-34(36(33)41-35(32)24-30)37-39-22-23-40(37)31-19-16-28(17-20-31)27-8-5-4-6-9-27/h7,10-24,27H,4-6,8-9,25H2,1-3H3/i25D2,27D. The van der Waals surface area contributed by atoms with E-state index in [0.29, 0.717) is 5.56 Å². The van der Waals surface area contributed by atoms with Crippen LogP contribution in [0.3, 0.4) is 0 Å². The van der Waals surface area contributed by atoms with Gasteiger partial charge < -0.3 is 4.42 Å². The minimum absolute atomic E-state index is 0.477. The molecule has 3 heteroatoms. The normalized spacial score (nSPS) is 16.9. The van der Waals surface area contributed by atoms with E-state index in [9.17, 15) is 0 Å². The number of furan rings is 1. The molecular formula is C38H38N2O. The van der Waals surface area contributed by atoms with Crippen molar-refractivity contribution in [1.29, 1.82) is 0 Å². The first kappa shape index (κ1) is 22.6. The van der Waals surface area contributed by atoms with Gasteiger partial charge in [-0.15, -0.1) is 0 Å². The van der Waals surface area contributed by atoms with Gasteiger partial charge in [0.15, 0.2) is 0 Å². The maximum atomic E-state index is 9.01. The summed E-state index contributed by atoms with van der Waals surface area (Å²) in [6, 6.07) is 28.7. The van der Waals surface area contributed by atoms with Gasteiger partial charge >= 0.3 is 0 Å². The summed E-state index contributed by atoms with van der Waals surface area (Å²) >= 11 is 0. The van der Waals surface area contributed by atoms with Gasteiger partial charge in [0, 0.05) is 33.0 Å². The molecule has 2 aromatic heterocycles. The molecule has 41 heavy (non-hydrogen) atoms. The Labute approximate surface area is 247 Å². The molecule has 0 N–H and O–H groups in total. The van der Waals surface area contributed by atoms with Crippen LogP contribution in [0.2, 0.25) is 0 Å². The van der Waals surface area contributed by atoms with Crippen molar-refractivity contribution in [2.24, 2.45) is 5.41 Å². The fourth-order valence-electron chi connectivity index (χ4n) is 6.17. The molecule has 206 valence electrons. The number of aromatic nitrogens is 2. The van der Waals surface area contributed by atoms with Crippen LogP contribution in [-0.2, 0) is 6.37 Å². The van der Waals surface area contributed by atoms with Gasteiger partial charge in [0.25, 0.3) is 0 Å². The van der Waals surface area contributed by atoms with Gasteiger partial charge in [-0.3, -0.25) is 4.57 Å².